The Morgan fingerprint density at radius 1 is 1.00 bits per heavy atom. The highest BCUT2D eigenvalue weighted by Crippen LogP contribution is 2.46. The third-order valence-electron chi connectivity index (χ3n) is 10.3. The zero-order chi connectivity index (χ0) is 35.4. The van der Waals surface area contributed by atoms with Gasteiger partial charge in [-0.1, -0.05) is 43.2 Å². The standard InChI is InChI=1S/C38H45N5O7S/c1-2-48-36(46)38-22-24(38)13-6-4-3-5-7-18-29(41-37(47)50-25-14-8-9-15-25)35(45)43-23-26(21-30(43)33(44)42-38)49-34-32(31-19-12-20-51-31)39-27-16-10-11-17-28(27)40-34/h6,10-13,16-17,19-20,24-26,29-30H,2-5,7-9,14-15,18,21-23H2,1H3,(H,41,47)(H,42,44)/b13-6-/t24-,26-,29+,30+,38-/m1/s1. The summed E-state index contributed by atoms with van der Waals surface area (Å²) in [6, 6.07) is 9.54. The van der Waals surface area contributed by atoms with Gasteiger partial charge in [0.15, 0.2) is 0 Å². The lowest BCUT2D eigenvalue weighted by molar-refractivity contribution is -0.150. The first-order chi connectivity index (χ1) is 24.8. The molecule has 2 aliphatic heterocycles. The molecule has 0 radical (unpaired) electrons. The molecule has 1 saturated heterocycles. The van der Waals surface area contributed by atoms with E-state index in [1.165, 1.54) is 16.2 Å². The van der Waals surface area contributed by atoms with Gasteiger partial charge >= 0.3 is 12.1 Å². The molecule has 2 N–H and O–H groups in total. The quantitative estimate of drug-likeness (QED) is 0.232. The first-order valence-electron chi connectivity index (χ1n) is 18.3. The molecule has 3 aromatic rings. The fourth-order valence-corrected chi connectivity index (χ4v) is 8.23. The average Bonchev–Trinajstić information content (AvgIpc) is 3.62. The highest BCUT2D eigenvalue weighted by molar-refractivity contribution is 7.13. The molecule has 5 atom stereocenters. The molecule has 1 aromatic carbocycles. The number of aromatic nitrogens is 2. The summed E-state index contributed by atoms with van der Waals surface area (Å²) in [4.78, 5) is 67.2. The van der Waals surface area contributed by atoms with Crippen molar-refractivity contribution < 1.29 is 33.4 Å². The molecule has 3 amide bonds. The van der Waals surface area contributed by atoms with Gasteiger partial charge in [-0.15, -0.1) is 11.3 Å². The van der Waals surface area contributed by atoms with Gasteiger partial charge in [0.2, 0.25) is 17.7 Å². The first-order valence-corrected chi connectivity index (χ1v) is 19.1. The van der Waals surface area contributed by atoms with Crippen LogP contribution in [0.15, 0.2) is 53.9 Å². The van der Waals surface area contributed by atoms with E-state index in [1.54, 1.807) is 6.92 Å². The Morgan fingerprint density at radius 3 is 2.55 bits per heavy atom. The van der Waals surface area contributed by atoms with Crippen molar-refractivity contribution >= 4 is 46.2 Å². The van der Waals surface area contributed by atoms with Gasteiger partial charge in [-0.25, -0.2) is 19.6 Å². The largest absolute Gasteiger partial charge is 0.471 e. The molecule has 4 heterocycles. The number of benzene rings is 1. The summed E-state index contributed by atoms with van der Waals surface area (Å²) in [5.41, 5.74) is 0.754. The van der Waals surface area contributed by atoms with E-state index >= 15 is 0 Å². The summed E-state index contributed by atoms with van der Waals surface area (Å²) >= 11 is 1.51. The van der Waals surface area contributed by atoms with E-state index in [4.69, 9.17) is 24.2 Å². The smallest absolute Gasteiger partial charge is 0.408 e. The lowest BCUT2D eigenvalue weighted by atomic mass is 10.0. The molecule has 2 aliphatic carbocycles. The number of carbonyl (C=O) groups is 4. The minimum absolute atomic E-state index is 0.0703. The topological polar surface area (TPSA) is 149 Å². The Bertz CT molecular complexity index is 1780. The minimum Gasteiger partial charge on any atom is -0.471 e. The number of thiophene rings is 1. The number of esters is 1. The number of carbonyl (C=O) groups excluding carboxylic acids is 4. The number of ether oxygens (including phenoxy) is 3. The molecule has 7 rings (SSSR count). The first kappa shape index (κ1) is 34.9. The Labute approximate surface area is 301 Å². The lowest BCUT2D eigenvalue weighted by Gasteiger charge is -2.29. The number of rotatable bonds is 7. The van der Waals surface area contributed by atoms with Gasteiger partial charge < -0.3 is 29.7 Å². The molecule has 270 valence electrons. The molecule has 51 heavy (non-hydrogen) atoms. The van der Waals surface area contributed by atoms with Gasteiger partial charge in [-0.2, -0.15) is 0 Å². The number of amides is 3. The van der Waals surface area contributed by atoms with Crippen LogP contribution < -0.4 is 15.4 Å². The van der Waals surface area contributed by atoms with Gasteiger partial charge in [0.25, 0.3) is 0 Å². The van der Waals surface area contributed by atoms with Crippen molar-refractivity contribution in [3.63, 3.8) is 0 Å². The van der Waals surface area contributed by atoms with Crippen LogP contribution in [0.5, 0.6) is 5.88 Å². The average molecular weight is 716 g/mol. The van der Waals surface area contributed by atoms with Crippen LogP contribution in [0.25, 0.3) is 21.6 Å². The number of hydrogen-bond acceptors (Lipinski definition) is 10. The number of para-hydroxylation sites is 2. The Morgan fingerprint density at radius 2 is 1.78 bits per heavy atom. The zero-order valence-corrected chi connectivity index (χ0v) is 29.7. The van der Waals surface area contributed by atoms with Crippen LogP contribution in [-0.4, -0.2) is 81.7 Å². The van der Waals surface area contributed by atoms with Crippen LogP contribution in [0.3, 0.4) is 0 Å². The van der Waals surface area contributed by atoms with Crippen LogP contribution in [-0.2, 0) is 23.9 Å². The lowest BCUT2D eigenvalue weighted by Crippen LogP contribution is -2.56. The molecule has 3 fully saturated rings. The molecule has 0 spiro atoms. The van der Waals surface area contributed by atoms with E-state index in [0.29, 0.717) is 36.4 Å². The molecule has 0 unspecified atom stereocenters. The van der Waals surface area contributed by atoms with Crippen molar-refractivity contribution in [2.24, 2.45) is 5.92 Å². The second-order valence-electron chi connectivity index (χ2n) is 13.9. The van der Waals surface area contributed by atoms with Crippen molar-refractivity contribution in [2.75, 3.05) is 13.2 Å². The number of hydrogen-bond donors (Lipinski definition) is 2. The SMILES string of the molecule is CCOC(=O)[C@@]12C[C@H]1/C=C\CCCCC[C@H](NC(=O)OC1CCCC1)C(=O)N1C[C@H](Oc3nc4ccccc4nc3-c3cccs3)C[C@H]1C(=O)N2. The second kappa shape index (κ2) is 15.4. The van der Waals surface area contributed by atoms with E-state index in [1.807, 2.05) is 47.9 Å². The molecule has 2 aromatic heterocycles. The molecule has 2 saturated carbocycles. The number of nitrogens with one attached hydrogen (secondary N) is 2. The fraction of sp³-hybridized carbons (Fsp3) is 0.526. The summed E-state index contributed by atoms with van der Waals surface area (Å²) in [5, 5.41) is 7.81. The van der Waals surface area contributed by atoms with E-state index in [0.717, 1.165) is 55.3 Å². The number of allylic oxidation sites excluding steroid dienone is 1. The zero-order valence-electron chi connectivity index (χ0n) is 28.9. The highest BCUT2D eigenvalue weighted by atomic mass is 32.1. The minimum atomic E-state index is -1.20. The van der Waals surface area contributed by atoms with Gasteiger partial charge in [0, 0.05) is 12.3 Å². The van der Waals surface area contributed by atoms with Crippen LogP contribution >= 0.6 is 11.3 Å². The summed E-state index contributed by atoms with van der Waals surface area (Å²) < 4.78 is 17.7. The summed E-state index contributed by atoms with van der Waals surface area (Å²) in [6.07, 6.45) is 10.5. The summed E-state index contributed by atoms with van der Waals surface area (Å²) in [6.45, 7) is 1.99. The molecule has 4 aliphatic rings. The highest BCUT2D eigenvalue weighted by Gasteiger charge is 2.62. The van der Waals surface area contributed by atoms with Crippen molar-refractivity contribution in [2.45, 2.75) is 107 Å². The second-order valence-corrected chi connectivity index (χ2v) is 14.8. The number of nitrogens with zero attached hydrogens (tertiary/aromatic N) is 3. The predicted molar refractivity (Wildman–Crippen MR) is 191 cm³/mol. The van der Waals surface area contributed by atoms with Crippen molar-refractivity contribution in [1.29, 1.82) is 0 Å². The van der Waals surface area contributed by atoms with E-state index in [2.05, 4.69) is 16.7 Å². The van der Waals surface area contributed by atoms with E-state index in [9.17, 15) is 19.2 Å². The summed E-state index contributed by atoms with van der Waals surface area (Å²) in [7, 11) is 0. The van der Waals surface area contributed by atoms with E-state index in [-0.39, 0.29) is 31.6 Å². The van der Waals surface area contributed by atoms with Crippen molar-refractivity contribution in [3.05, 3.63) is 53.9 Å². The van der Waals surface area contributed by atoms with E-state index < -0.39 is 47.6 Å². The normalized spacial score (nSPS) is 27.7. The van der Waals surface area contributed by atoms with Gasteiger partial charge in [-0.05, 0) is 81.9 Å². The number of alkyl carbamates (subject to hydrolysis) is 1. The predicted octanol–water partition coefficient (Wildman–Crippen LogP) is 5.70. The monoisotopic (exact) mass is 715 g/mol. The maximum atomic E-state index is 14.5. The maximum absolute atomic E-state index is 14.5. The molecular weight excluding hydrogens is 671 g/mol. The summed E-state index contributed by atoms with van der Waals surface area (Å²) in [5.74, 6) is -1.24. The van der Waals surface area contributed by atoms with Gasteiger partial charge in [0.05, 0.1) is 29.1 Å². The van der Waals surface area contributed by atoms with Crippen molar-refractivity contribution in [3.8, 4) is 16.5 Å². The Kier molecular flexibility index (Phi) is 10.5. The Hall–Kier alpha value is -4.52. The molecule has 0 bridgehead atoms. The van der Waals surface area contributed by atoms with Crippen LogP contribution in [0.4, 0.5) is 4.79 Å². The molecular formula is C38H45N5O7S. The van der Waals surface area contributed by atoms with Crippen LogP contribution in [0, 0.1) is 5.92 Å². The van der Waals surface area contributed by atoms with Gasteiger partial charge in [0.1, 0.15) is 35.5 Å². The van der Waals surface area contributed by atoms with Crippen LogP contribution in [0.2, 0.25) is 0 Å². The fourth-order valence-electron chi connectivity index (χ4n) is 7.52. The molecule has 12 nitrogen and oxygen atoms in total. The van der Waals surface area contributed by atoms with Crippen LogP contribution in [0.1, 0.15) is 77.6 Å². The number of fused-ring (bicyclic) bond motifs is 3. The van der Waals surface area contributed by atoms with Gasteiger partial charge in [-0.3, -0.25) is 9.59 Å². The third-order valence-corrected chi connectivity index (χ3v) is 11.2. The van der Waals surface area contributed by atoms with Crippen molar-refractivity contribution in [1.82, 2.24) is 25.5 Å². The Balaban J connectivity index is 1.19. The third kappa shape index (κ3) is 7.73. The maximum Gasteiger partial charge on any atom is 0.408 e. The molecule has 13 heteroatoms.